The molecule has 0 unspecified atom stereocenters. The van der Waals surface area contributed by atoms with Crippen molar-refractivity contribution in [2.45, 2.75) is 45.1 Å². The Balaban J connectivity index is 1.63. The van der Waals surface area contributed by atoms with E-state index >= 15 is 0 Å². The number of hydrogen-bond donors (Lipinski definition) is 3. The second-order valence-corrected chi connectivity index (χ2v) is 7.25. The van der Waals surface area contributed by atoms with Gasteiger partial charge in [-0.2, -0.15) is 0 Å². The quantitative estimate of drug-likeness (QED) is 0.703. The number of nitrogens with zero attached hydrogens (tertiary/aromatic N) is 1. The van der Waals surface area contributed by atoms with Gasteiger partial charge in [-0.05, 0) is 43.0 Å². The van der Waals surface area contributed by atoms with Crippen molar-refractivity contribution in [3.05, 3.63) is 24.3 Å². The molecule has 1 aromatic carbocycles. The van der Waals surface area contributed by atoms with Crippen LogP contribution in [0.3, 0.4) is 0 Å². The summed E-state index contributed by atoms with van der Waals surface area (Å²) in [6.45, 7) is 3.05. The highest BCUT2D eigenvalue weighted by molar-refractivity contribution is 6.10. The molecule has 3 rings (SSSR count). The van der Waals surface area contributed by atoms with E-state index in [1.165, 1.54) is 6.92 Å². The van der Waals surface area contributed by atoms with Gasteiger partial charge in [-0.1, -0.05) is 19.8 Å². The van der Waals surface area contributed by atoms with E-state index in [2.05, 4.69) is 16.0 Å². The van der Waals surface area contributed by atoms with E-state index in [1.54, 1.807) is 24.3 Å². The first-order valence-corrected chi connectivity index (χ1v) is 9.13. The maximum atomic E-state index is 12.9. The zero-order valence-electron chi connectivity index (χ0n) is 15.5. The van der Waals surface area contributed by atoms with Crippen LogP contribution in [0.1, 0.15) is 39.5 Å². The zero-order valence-corrected chi connectivity index (χ0v) is 15.5. The van der Waals surface area contributed by atoms with Crippen molar-refractivity contribution < 1.29 is 19.2 Å². The average Bonchev–Trinajstić information content (AvgIpc) is 2.84. The Morgan fingerprint density at radius 3 is 2.37 bits per heavy atom. The molecule has 1 saturated heterocycles. The van der Waals surface area contributed by atoms with Crippen LogP contribution in [0.15, 0.2) is 24.3 Å². The van der Waals surface area contributed by atoms with E-state index in [-0.39, 0.29) is 24.3 Å². The summed E-state index contributed by atoms with van der Waals surface area (Å²) in [7, 11) is 0. The van der Waals surface area contributed by atoms with E-state index in [0.29, 0.717) is 17.8 Å². The third kappa shape index (κ3) is 3.79. The van der Waals surface area contributed by atoms with Crippen molar-refractivity contribution in [1.29, 1.82) is 0 Å². The van der Waals surface area contributed by atoms with Crippen LogP contribution >= 0.6 is 0 Å². The monoisotopic (exact) mass is 372 g/mol. The van der Waals surface area contributed by atoms with Crippen molar-refractivity contribution in [1.82, 2.24) is 10.2 Å². The summed E-state index contributed by atoms with van der Waals surface area (Å²) in [6, 6.07) is 6.08. The molecule has 2 fully saturated rings. The van der Waals surface area contributed by atoms with Crippen LogP contribution in [0.5, 0.6) is 0 Å². The predicted octanol–water partition coefficient (Wildman–Crippen LogP) is 2.08. The van der Waals surface area contributed by atoms with Crippen molar-refractivity contribution >= 4 is 35.1 Å². The largest absolute Gasteiger partial charge is 0.326 e. The number of carbonyl (C=O) groups is 4. The van der Waals surface area contributed by atoms with E-state index < -0.39 is 17.5 Å². The molecule has 1 heterocycles. The molecule has 1 aliphatic carbocycles. The number of urea groups is 1. The summed E-state index contributed by atoms with van der Waals surface area (Å²) in [4.78, 5) is 49.5. The Morgan fingerprint density at radius 2 is 1.78 bits per heavy atom. The van der Waals surface area contributed by atoms with Crippen molar-refractivity contribution in [3.8, 4) is 0 Å². The molecule has 27 heavy (non-hydrogen) atoms. The normalized spacial score (nSPS) is 24.7. The van der Waals surface area contributed by atoms with Crippen LogP contribution in [0.25, 0.3) is 0 Å². The zero-order chi connectivity index (χ0) is 19.6. The molecule has 144 valence electrons. The molecule has 1 spiro atoms. The fourth-order valence-corrected chi connectivity index (χ4v) is 3.82. The van der Waals surface area contributed by atoms with Crippen LogP contribution in [0.2, 0.25) is 0 Å². The summed E-state index contributed by atoms with van der Waals surface area (Å²) >= 11 is 0. The van der Waals surface area contributed by atoms with Gasteiger partial charge in [0, 0.05) is 18.3 Å². The van der Waals surface area contributed by atoms with E-state index in [1.807, 2.05) is 6.92 Å². The average molecular weight is 372 g/mol. The first-order valence-electron chi connectivity index (χ1n) is 9.13. The molecular weight excluding hydrogens is 348 g/mol. The number of anilines is 2. The Kier molecular flexibility index (Phi) is 5.16. The lowest BCUT2D eigenvalue weighted by Crippen LogP contribution is -2.54. The van der Waals surface area contributed by atoms with Gasteiger partial charge >= 0.3 is 6.03 Å². The first kappa shape index (κ1) is 18.9. The molecule has 5 amide bonds. The van der Waals surface area contributed by atoms with Crippen molar-refractivity contribution in [3.63, 3.8) is 0 Å². The number of nitrogens with one attached hydrogen (secondary N) is 3. The number of carbonyl (C=O) groups excluding carboxylic acids is 4. The molecule has 1 aromatic rings. The Morgan fingerprint density at radius 1 is 1.15 bits per heavy atom. The molecule has 0 bridgehead atoms. The number of hydrogen-bond acceptors (Lipinski definition) is 4. The lowest BCUT2D eigenvalue weighted by atomic mass is 9.73. The number of imide groups is 1. The van der Waals surface area contributed by atoms with Gasteiger partial charge in [-0.15, -0.1) is 0 Å². The predicted molar refractivity (Wildman–Crippen MR) is 100.0 cm³/mol. The van der Waals surface area contributed by atoms with Crippen molar-refractivity contribution in [2.24, 2.45) is 5.92 Å². The van der Waals surface area contributed by atoms with Crippen LogP contribution in [-0.2, 0) is 14.4 Å². The van der Waals surface area contributed by atoms with E-state index in [4.69, 9.17) is 0 Å². The molecule has 3 N–H and O–H groups in total. The number of rotatable bonds is 4. The SMILES string of the molecule is CC(=O)Nc1ccc(NC(=O)CN2C(=O)N[C@@]3(CCCC[C@@H]3C)C2=O)cc1. The molecule has 1 saturated carbocycles. The van der Waals surface area contributed by atoms with Gasteiger partial charge in [0.1, 0.15) is 12.1 Å². The molecule has 1 aliphatic heterocycles. The highest BCUT2D eigenvalue weighted by Gasteiger charge is 2.55. The highest BCUT2D eigenvalue weighted by atomic mass is 16.2. The van der Waals surface area contributed by atoms with Crippen LogP contribution in [0.4, 0.5) is 16.2 Å². The molecule has 8 nitrogen and oxygen atoms in total. The van der Waals surface area contributed by atoms with Gasteiger partial charge in [0.2, 0.25) is 11.8 Å². The first-order chi connectivity index (χ1) is 12.8. The Labute approximate surface area is 157 Å². The molecule has 2 aliphatic rings. The minimum absolute atomic E-state index is 0.0529. The van der Waals surface area contributed by atoms with Gasteiger partial charge < -0.3 is 16.0 Å². The highest BCUT2D eigenvalue weighted by Crippen LogP contribution is 2.38. The van der Waals surface area contributed by atoms with Crippen molar-refractivity contribution in [2.75, 3.05) is 17.2 Å². The minimum atomic E-state index is -0.865. The summed E-state index contributed by atoms with van der Waals surface area (Å²) in [5, 5.41) is 8.13. The molecule has 8 heteroatoms. The Bertz CT molecular complexity index is 776. The second-order valence-electron chi connectivity index (χ2n) is 7.25. The summed E-state index contributed by atoms with van der Waals surface area (Å²) in [6.07, 6.45) is 3.42. The van der Waals surface area contributed by atoms with E-state index in [9.17, 15) is 19.2 Å². The van der Waals surface area contributed by atoms with E-state index in [0.717, 1.165) is 24.2 Å². The number of benzene rings is 1. The van der Waals surface area contributed by atoms with Gasteiger partial charge in [0.05, 0.1) is 0 Å². The van der Waals surface area contributed by atoms with Crippen LogP contribution < -0.4 is 16.0 Å². The van der Waals surface area contributed by atoms with Gasteiger partial charge in [-0.3, -0.25) is 19.3 Å². The second kappa shape index (κ2) is 7.38. The minimum Gasteiger partial charge on any atom is -0.326 e. The lowest BCUT2D eigenvalue weighted by Gasteiger charge is -2.36. The van der Waals surface area contributed by atoms with Gasteiger partial charge in [-0.25, -0.2) is 4.79 Å². The topological polar surface area (TPSA) is 108 Å². The molecule has 2 atom stereocenters. The third-order valence-electron chi connectivity index (χ3n) is 5.29. The van der Waals surface area contributed by atoms with Gasteiger partial charge in [0.25, 0.3) is 5.91 Å². The third-order valence-corrected chi connectivity index (χ3v) is 5.29. The molecular formula is C19H24N4O4. The maximum absolute atomic E-state index is 12.9. The van der Waals surface area contributed by atoms with Crippen LogP contribution in [0, 0.1) is 5.92 Å². The summed E-state index contributed by atoms with van der Waals surface area (Å²) < 4.78 is 0. The standard InChI is InChI=1S/C19H24N4O4/c1-12-5-3-4-10-19(12)17(26)23(18(27)22-19)11-16(25)21-15-8-6-14(7-9-15)20-13(2)24/h6-9,12H,3-5,10-11H2,1-2H3,(H,20,24)(H,21,25)(H,22,27)/t12-,19+/m0/s1. The lowest BCUT2D eigenvalue weighted by molar-refractivity contribution is -0.136. The fourth-order valence-electron chi connectivity index (χ4n) is 3.82. The maximum Gasteiger partial charge on any atom is 0.325 e. The molecule has 0 aromatic heterocycles. The summed E-state index contributed by atoms with van der Waals surface area (Å²) in [5.74, 6) is -0.893. The van der Waals surface area contributed by atoms with Gasteiger partial charge in [0.15, 0.2) is 0 Å². The summed E-state index contributed by atoms with van der Waals surface area (Å²) in [5.41, 5.74) is 0.264. The smallest absolute Gasteiger partial charge is 0.325 e. The number of amides is 5. The fraction of sp³-hybridized carbons (Fsp3) is 0.474. The van der Waals surface area contributed by atoms with Crippen LogP contribution in [-0.4, -0.2) is 40.7 Å². The molecule has 0 radical (unpaired) electrons. The Hall–Kier alpha value is -2.90.